The van der Waals surface area contributed by atoms with Crippen molar-refractivity contribution in [1.82, 2.24) is 10.2 Å². The van der Waals surface area contributed by atoms with Crippen molar-refractivity contribution in [3.63, 3.8) is 0 Å². The molecule has 0 aromatic heterocycles. The number of aryl methyl sites for hydroxylation is 2. The zero-order valence-electron chi connectivity index (χ0n) is 18.4. The van der Waals surface area contributed by atoms with Gasteiger partial charge in [-0.05, 0) is 69.2 Å². The molecule has 28 heavy (non-hydrogen) atoms. The summed E-state index contributed by atoms with van der Waals surface area (Å²) >= 11 is 0. The van der Waals surface area contributed by atoms with E-state index in [0.717, 1.165) is 44.3 Å². The first kappa shape index (κ1) is 22.5. The number of amides is 1. The number of rotatable bonds is 10. The largest absolute Gasteiger partial charge is 0.496 e. The average molecular weight is 387 g/mol. The highest BCUT2D eigenvalue weighted by atomic mass is 16.5. The summed E-state index contributed by atoms with van der Waals surface area (Å²) in [5.41, 5.74) is 2.87. The van der Waals surface area contributed by atoms with Crippen LogP contribution in [0.3, 0.4) is 0 Å². The first-order valence-electron chi connectivity index (χ1n) is 10.6. The summed E-state index contributed by atoms with van der Waals surface area (Å²) in [5.74, 6) is 1.34. The van der Waals surface area contributed by atoms with Crippen molar-refractivity contribution in [1.29, 1.82) is 0 Å². The van der Waals surface area contributed by atoms with Crippen molar-refractivity contribution in [3.05, 3.63) is 41.5 Å². The summed E-state index contributed by atoms with van der Waals surface area (Å²) in [7, 11) is 1.64. The van der Waals surface area contributed by atoms with Gasteiger partial charge >= 0.3 is 0 Å². The van der Waals surface area contributed by atoms with Gasteiger partial charge in [-0.25, -0.2) is 0 Å². The van der Waals surface area contributed by atoms with E-state index in [1.165, 1.54) is 12.0 Å². The number of carbonyl (C=O) groups excluding carboxylic acids is 1. The van der Waals surface area contributed by atoms with Gasteiger partial charge in [0.1, 0.15) is 5.75 Å². The van der Waals surface area contributed by atoms with Gasteiger partial charge in [0, 0.05) is 18.6 Å². The van der Waals surface area contributed by atoms with E-state index in [0.29, 0.717) is 23.8 Å². The van der Waals surface area contributed by atoms with Gasteiger partial charge in [0.15, 0.2) is 0 Å². The molecule has 1 aromatic rings. The number of nitrogens with one attached hydrogen (secondary N) is 1. The van der Waals surface area contributed by atoms with E-state index in [4.69, 9.17) is 4.74 Å². The lowest BCUT2D eigenvalue weighted by Crippen LogP contribution is -2.50. The maximum absolute atomic E-state index is 13.0. The maximum atomic E-state index is 13.0. The predicted octanol–water partition coefficient (Wildman–Crippen LogP) is 4.75. The molecule has 1 amide bonds. The van der Waals surface area contributed by atoms with Crippen LogP contribution in [0, 0.1) is 12.8 Å². The molecule has 0 saturated carbocycles. The van der Waals surface area contributed by atoms with E-state index < -0.39 is 0 Å². The minimum atomic E-state index is -0.0441. The third-order valence-corrected chi connectivity index (χ3v) is 5.92. The monoisotopic (exact) mass is 386 g/mol. The summed E-state index contributed by atoms with van der Waals surface area (Å²) < 4.78 is 5.57. The first-order chi connectivity index (χ1) is 13.3. The molecule has 0 bridgehead atoms. The van der Waals surface area contributed by atoms with Crippen LogP contribution < -0.4 is 10.1 Å². The SMILES string of the molecule is C=CCN1CCC[C@@]1(C)CNC(=O)c1cc(CCCC(C)C)cc(C)c1OC. The number of benzene rings is 1. The van der Waals surface area contributed by atoms with Gasteiger partial charge in [-0.1, -0.05) is 32.4 Å². The Morgan fingerprint density at radius 3 is 2.82 bits per heavy atom. The Bertz CT molecular complexity index is 683. The fourth-order valence-electron chi connectivity index (χ4n) is 4.26. The lowest BCUT2D eigenvalue weighted by molar-refractivity contribution is 0.0909. The van der Waals surface area contributed by atoms with Crippen molar-refractivity contribution < 1.29 is 9.53 Å². The average Bonchev–Trinajstić information content (AvgIpc) is 3.00. The fourth-order valence-corrected chi connectivity index (χ4v) is 4.26. The summed E-state index contributed by atoms with van der Waals surface area (Å²) in [6.07, 6.45) is 7.52. The standard InChI is InChI=1S/C24H38N2O2/c1-7-13-26-14-9-12-24(26,5)17-25-23(27)21-16-20(11-8-10-18(2)3)15-19(4)22(21)28-6/h7,15-16,18H,1,8-14,17H2,2-6H3,(H,25,27)/t24-/m0/s1. The molecule has 1 atom stereocenters. The minimum absolute atomic E-state index is 0.0129. The number of hydrogen-bond acceptors (Lipinski definition) is 3. The summed E-state index contributed by atoms with van der Waals surface area (Å²) in [4.78, 5) is 15.5. The van der Waals surface area contributed by atoms with Crippen LogP contribution in [0.1, 0.15) is 67.9 Å². The second-order valence-corrected chi connectivity index (χ2v) is 8.80. The van der Waals surface area contributed by atoms with Crippen LogP contribution in [-0.2, 0) is 6.42 Å². The van der Waals surface area contributed by atoms with Crippen molar-refractivity contribution in [2.24, 2.45) is 5.92 Å². The van der Waals surface area contributed by atoms with Crippen molar-refractivity contribution in [2.45, 2.75) is 65.3 Å². The van der Waals surface area contributed by atoms with E-state index in [1.807, 2.05) is 19.1 Å². The van der Waals surface area contributed by atoms with Crippen LogP contribution in [0.25, 0.3) is 0 Å². The summed E-state index contributed by atoms with van der Waals surface area (Å²) in [6, 6.07) is 4.17. The highest BCUT2D eigenvalue weighted by Gasteiger charge is 2.36. The quantitative estimate of drug-likeness (QED) is 0.590. The number of nitrogens with zero attached hydrogens (tertiary/aromatic N) is 1. The summed E-state index contributed by atoms with van der Waals surface area (Å²) in [6.45, 7) is 15.2. The minimum Gasteiger partial charge on any atom is -0.496 e. The van der Waals surface area contributed by atoms with Crippen LogP contribution in [0.2, 0.25) is 0 Å². The molecular weight excluding hydrogens is 348 g/mol. The normalized spacial score (nSPS) is 19.8. The summed E-state index contributed by atoms with van der Waals surface area (Å²) in [5, 5.41) is 3.18. The van der Waals surface area contributed by atoms with E-state index in [2.05, 4.69) is 43.6 Å². The Morgan fingerprint density at radius 1 is 1.43 bits per heavy atom. The molecule has 4 nitrogen and oxygen atoms in total. The van der Waals surface area contributed by atoms with E-state index in [1.54, 1.807) is 7.11 Å². The van der Waals surface area contributed by atoms with Gasteiger partial charge < -0.3 is 10.1 Å². The lowest BCUT2D eigenvalue weighted by atomic mass is 9.97. The van der Waals surface area contributed by atoms with Gasteiger partial charge in [-0.15, -0.1) is 6.58 Å². The molecule has 1 aromatic carbocycles. The molecule has 2 rings (SSSR count). The second kappa shape index (κ2) is 10.1. The number of carbonyl (C=O) groups is 1. The molecule has 1 aliphatic heterocycles. The Morgan fingerprint density at radius 2 is 2.18 bits per heavy atom. The Hall–Kier alpha value is -1.81. The van der Waals surface area contributed by atoms with E-state index >= 15 is 0 Å². The highest BCUT2D eigenvalue weighted by Crippen LogP contribution is 2.29. The van der Waals surface area contributed by atoms with Gasteiger partial charge in [-0.2, -0.15) is 0 Å². The van der Waals surface area contributed by atoms with Gasteiger partial charge in [0.05, 0.1) is 12.7 Å². The van der Waals surface area contributed by atoms with E-state index in [-0.39, 0.29) is 11.4 Å². The molecular formula is C24H38N2O2. The topological polar surface area (TPSA) is 41.6 Å². The molecule has 1 N–H and O–H groups in total. The molecule has 1 aliphatic rings. The smallest absolute Gasteiger partial charge is 0.255 e. The van der Waals surface area contributed by atoms with Crippen LogP contribution in [0.15, 0.2) is 24.8 Å². The molecule has 0 spiro atoms. The zero-order valence-corrected chi connectivity index (χ0v) is 18.4. The van der Waals surface area contributed by atoms with Crippen LogP contribution >= 0.6 is 0 Å². The van der Waals surface area contributed by atoms with Gasteiger partial charge in [0.2, 0.25) is 0 Å². The second-order valence-electron chi connectivity index (χ2n) is 8.80. The maximum Gasteiger partial charge on any atom is 0.255 e. The highest BCUT2D eigenvalue weighted by molar-refractivity contribution is 5.97. The molecule has 156 valence electrons. The number of likely N-dealkylation sites (tertiary alicyclic amines) is 1. The number of hydrogen-bond donors (Lipinski definition) is 1. The molecule has 4 heteroatoms. The molecule has 1 heterocycles. The molecule has 0 radical (unpaired) electrons. The lowest BCUT2D eigenvalue weighted by Gasteiger charge is -2.34. The van der Waals surface area contributed by atoms with Crippen molar-refractivity contribution >= 4 is 5.91 Å². The molecule has 0 aliphatic carbocycles. The van der Waals surface area contributed by atoms with Gasteiger partial charge in [0.25, 0.3) is 5.91 Å². The Balaban J connectivity index is 2.12. The third-order valence-electron chi connectivity index (χ3n) is 5.92. The molecule has 1 saturated heterocycles. The Kier molecular flexibility index (Phi) is 8.11. The van der Waals surface area contributed by atoms with Crippen molar-refractivity contribution in [3.8, 4) is 5.75 Å². The molecule has 1 fully saturated rings. The zero-order chi connectivity index (χ0) is 20.7. The third kappa shape index (κ3) is 5.60. The van der Waals surface area contributed by atoms with Gasteiger partial charge in [-0.3, -0.25) is 9.69 Å². The molecule has 0 unspecified atom stereocenters. The van der Waals surface area contributed by atoms with E-state index in [9.17, 15) is 4.79 Å². The van der Waals surface area contributed by atoms with Crippen LogP contribution in [0.5, 0.6) is 5.75 Å². The Labute approximate surface area is 171 Å². The van der Waals surface area contributed by atoms with Crippen LogP contribution in [0.4, 0.5) is 0 Å². The predicted molar refractivity (Wildman–Crippen MR) is 117 cm³/mol. The van der Waals surface area contributed by atoms with Crippen molar-refractivity contribution in [2.75, 3.05) is 26.7 Å². The fraction of sp³-hybridized carbons (Fsp3) is 0.625. The van der Waals surface area contributed by atoms with Crippen LogP contribution in [-0.4, -0.2) is 43.1 Å². The number of methoxy groups -OCH3 is 1. The number of ether oxygens (including phenoxy) is 1. The first-order valence-corrected chi connectivity index (χ1v) is 10.6.